The molecule has 0 fully saturated rings. The van der Waals surface area contributed by atoms with Gasteiger partial charge in [0.2, 0.25) is 0 Å². The molecule has 1 aromatic carbocycles. The third-order valence-electron chi connectivity index (χ3n) is 4.42. The first kappa shape index (κ1) is 15.7. The van der Waals surface area contributed by atoms with Gasteiger partial charge in [-0.25, -0.2) is 4.98 Å². The zero-order chi connectivity index (χ0) is 16.5. The first-order valence-electron chi connectivity index (χ1n) is 8.08. The molecule has 4 rings (SSSR count). The van der Waals surface area contributed by atoms with Gasteiger partial charge in [-0.15, -0.1) is 11.8 Å². The maximum atomic E-state index is 12.3. The maximum absolute atomic E-state index is 12.3. The van der Waals surface area contributed by atoms with E-state index in [0.717, 1.165) is 11.4 Å². The SMILES string of the molecule is O=c1cc(CSC2CCCc3ccccc32)nc2ccc(Cl)cn12. The van der Waals surface area contributed by atoms with E-state index >= 15 is 0 Å². The van der Waals surface area contributed by atoms with Crippen molar-refractivity contribution in [2.24, 2.45) is 0 Å². The summed E-state index contributed by atoms with van der Waals surface area (Å²) in [4.78, 5) is 16.9. The van der Waals surface area contributed by atoms with Gasteiger partial charge in [-0.2, -0.15) is 0 Å². The molecule has 5 heteroatoms. The van der Waals surface area contributed by atoms with Crippen LogP contribution in [0.2, 0.25) is 5.02 Å². The fourth-order valence-corrected chi connectivity index (χ4v) is 4.69. The number of benzene rings is 1. The van der Waals surface area contributed by atoms with Gasteiger partial charge in [-0.3, -0.25) is 9.20 Å². The van der Waals surface area contributed by atoms with E-state index in [1.54, 1.807) is 24.4 Å². The molecule has 0 amide bonds. The van der Waals surface area contributed by atoms with Crippen LogP contribution in [0.5, 0.6) is 0 Å². The molecule has 24 heavy (non-hydrogen) atoms. The van der Waals surface area contributed by atoms with Crippen molar-refractivity contribution in [1.29, 1.82) is 0 Å². The molecule has 0 spiro atoms. The highest BCUT2D eigenvalue weighted by Gasteiger charge is 2.20. The molecule has 1 aliphatic rings. The topological polar surface area (TPSA) is 34.4 Å². The highest BCUT2D eigenvalue weighted by Crippen LogP contribution is 2.40. The Morgan fingerprint density at radius 3 is 3.04 bits per heavy atom. The second kappa shape index (κ2) is 6.61. The summed E-state index contributed by atoms with van der Waals surface area (Å²) >= 11 is 7.83. The van der Waals surface area contributed by atoms with Crippen LogP contribution in [-0.4, -0.2) is 9.38 Å². The summed E-state index contributed by atoms with van der Waals surface area (Å²) in [6.45, 7) is 0. The number of aromatic nitrogens is 2. The fourth-order valence-electron chi connectivity index (χ4n) is 3.27. The normalized spacial score (nSPS) is 17.0. The Kier molecular flexibility index (Phi) is 4.33. The monoisotopic (exact) mass is 356 g/mol. The van der Waals surface area contributed by atoms with Gasteiger partial charge in [0.25, 0.3) is 5.56 Å². The highest BCUT2D eigenvalue weighted by molar-refractivity contribution is 7.98. The number of nitrogens with zero attached hydrogens (tertiary/aromatic N) is 2. The van der Waals surface area contributed by atoms with Crippen LogP contribution in [0.1, 0.15) is 34.9 Å². The van der Waals surface area contributed by atoms with Gasteiger partial charge < -0.3 is 0 Å². The van der Waals surface area contributed by atoms with Gasteiger partial charge in [0.15, 0.2) is 0 Å². The lowest BCUT2D eigenvalue weighted by Crippen LogP contribution is -2.15. The lowest BCUT2D eigenvalue weighted by atomic mass is 9.91. The molecule has 3 nitrogen and oxygen atoms in total. The quantitative estimate of drug-likeness (QED) is 0.684. The van der Waals surface area contributed by atoms with Gasteiger partial charge in [0.05, 0.1) is 10.7 Å². The highest BCUT2D eigenvalue weighted by atomic mass is 35.5. The van der Waals surface area contributed by atoms with E-state index in [4.69, 9.17) is 11.6 Å². The lowest BCUT2D eigenvalue weighted by molar-refractivity contribution is 0.673. The summed E-state index contributed by atoms with van der Waals surface area (Å²) in [5, 5.41) is 1.02. The summed E-state index contributed by atoms with van der Waals surface area (Å²) in [6, 6.07) is 13.9. The van der Waals surface area contributed by atoms with Crippen LogP contribution in [0.4, 0.5) is 0 Å². The summed E-state index contributed by atoms with van der Waals surface area (Å²) in [5.41, 5.74) is 4.30. The molecule has 0 radical (unpaired) electrons. The van der Waals surface area contributed by atoms with Crippen LogP contribution in [0.15, 0.2) is 53.5 Å². The lowest BCUT2D eigenvalue weighted by Gasteiger charge is -2.24. The number of hydrogen-bond donors (Lipinski definition) is 0. The number of aryl methyl sites for hydroxylation is 1. The molecule has 1 atom stereocenters. The average Bonchev–Trinajstić information content (AvgIpc) is 2.60. The third-order valence-corrected chi connectivity index (χ3v) is 6.00. The molecular formula is C19H17ClN2OS. The van der Waals surface area contributed by atoms with Crippen molar-refractivity contribution in [1.82, 2.24) is 9.38 Å². The van der Waals surface area contributed by atoms with Crippen LogP contribution in [0.3, 0.4) is 0 Å². The van der Waals surface area contributed by atoms with E-state index in [2.05, 4.69) is 29.2 Å². The van der Waals surface area contributed by atoms with E-state index in [9.17, 15) is 4.79 Å². The molecule has 0 saturated carbocycles. The molecule has 0 aliphatic heterocycles. The zero-order valence-electron chi connectivity index (χ0n) is 13.1. The van der Waals surface area contributed by atoms with Crippen molar-refractivity contribution in [3.63, 3.8) is 0 Å². The van der Waals surface area contributed by atoms with Crippen LogP contribution in [-0.2, 0) is 12.2 Å². The molecular weight excluding hydrogens is 340 g/mol. The van der Waals surface area contributed by atoms with Gasteiger partial charge >= 0.3 is 0 Å². The van der Waals surface area contributed by atoms with Crippen LogP contribution in [0.25, 0.3) is 5.65 Å². The Balaban J connectivity index is 1.58. The predicted octanol–water partition coefficient (Wildman–Crippen LogP) is 4.66. The number of pyridine rings is 1. The van der Waals surface area contributed by atoms with E-state index in [-0.39, 0.29) is 5.56 Å². The minimum atomic E-state index is -0.0813. The summed E-state index contributed by atoms with van der Waals surface area (Å²) in [6.07, 6.45) is 5.19. The minimum absolute atomic E-state index is 0.0813. The second-order valence-corrected chi connectivity index (χ2v) is 7.68. The first-order chi connectivity index (χ1) is 11.7. The van der Waals surface area contributed by atoms with Crippen molar-refractivity contribution in [3.05, 3.63) is 80.9 Å². The van der Waals surface area contributed by atoms with Crippen molar-refractivity contribution in [2.45, 2.75) is 30.3 Å². The number of halogens is 1. The average molecular weight is 357 g/mol. The van der Waals surface area contributed by atoms with Gasteiger partial charge in [-0.1, -0.05) is 35.9 Å². The predicted molar refractivity (Wildman–Crippen MR) is 99.9 cm³/mol. The summed E-state index contributed by atoms with van der Waals surface area (Å²) in [7, 11) is 0. The molecule has 2 aromatic heterocycles. The zero-order valence-corrected chi connectivity index (χ0v) is 14.7. The Hall–Kier alpha value is -1.78. The van der Waals surface area contributed by atoms with Crippen LogP contribution >= 0.6 is 23.4 Å². The molecule has 0 saturated heterocycles. The minimum Gasteiger partial charge on any atom is -0.269 e. The van der Waals surface area contributed by atoms with Crippen molar-refractivity contribution in [3.8, 4) is 0 Å². The largest absolute Gasteiger partial charge is 0.269 e. The molecule has 2 heterocycles. The van der Waals surface area contributed by atoms with Crippen LogP contribution in [0, 0.1) is 0 Å². The Bertz CT molecular complexity index is 953. The van der Waals surface area contributed by atoms with Crippen molar-refractivity contribution >= 4 is 29.0 Å². The van der Waals surface area contributed by atoms with E-state index in [1.807, 2.05) is 11.8 Å². The van der Waals surface area contributed by atoms with E-state index < -0.39 is 0 Å². The van der Waals surface area contributed by atoms with Crippen LogP contribution < -0.4 is 5.56 Å². The van der Waals surface area contributed by atoms with Crippen molar-refractivity contribution in [2.75, 3.05) is 0 Å². The first-order valence-corrected chi connectivity index (χ1v) is 9.50. The molecule has 1 unspecified atom stereocenters. The molecule has 3 aromatic rings. The summed E-state index contributed by atoms with van der Waals surface area (Å²) in [5.74, 6) is 0.743. The number of rotatable bonds is 3. The van der Waals surface area contributed by atoms with Gasteiger partial charge in [-0.05, 0) is 42.5 Å². The number of thioether (sulfide) groups is 1. The standard InChI is InChI=1S/C19H17ClN2OS/c20-14-8-9-18-21-15(10-19(23)22(18)11-14)12-24-17-7-3-5-13-4-1-2-6-16(13)17/h1-2,4,6,8-11,17H,3,5,7,12H2. The molecule has 1 aliphatic carbocycles. The number of fused-ring (bicyclic) bond motifs is 2. The van der Waals surface area contributed by atoms with Crippen molar-refractivity contribution < 1.29 is 0 Å². The summed E-state index contributed by atoms with van der Waals surface area (Å²) < 4.78 is 1.49. The third kappa shape index (κ3) is 3.08. The molecule has 0 N–H and O–H groups in total. The second-order valence-electron chi connectivity index (χ2n) is 6.05. The number of hydrogen-bond acceptors (Lipinski definition) is 3. The Morgan fingerprint density at radius 1 is 1.25 bits per heavy atom. The maximum Gasteiger partial charge on any atom is 0.258 e. The Morgan fingerprint density at radius 2 is 2.12 bits per heavy atom. The molecule has 0 bridgehead atoms. The van der Waals surface area contributed by atoms with Gasteiger partial charge in [0, 0.05) is 23.3 Å². The molecule has 122 valence electrons. The van der Waals surface area contributed by atoms with Gasteiger partial charge in [0.1, 0.15) is 5.65 Å². The smallest absolute Gasteiger partial charge is 0.258 e. The fraction of sp³-hybridized carbons (Fsp3) is 0.263. The van der Waals surface area contributed by atoms with E-state index in [0.29, 0.717) is 15.9 Å². The Labute approximate surface area is 149 Å². The van der Waals surface area contributed by atoms with E-state index in [1.165, 1.54) is 34.8 Å².